The van der Waals surface area contributed by atoms with Gasteiger partial charge in [-0.25, -0.2) is 4.98 Å². The van der Waals surface area contributed by atoms with Gasteiger partial charge < -0.3 is 10.4 Å². The van der Waals surface area contributed by atoms with Crippen LogP contribution in [0.3, 0.4) is 0 Å². The highest BCUT2D eigenvalue weighted by Crippen LogP contribution is 2.32. The van der Waals surface area contributed by atoms with Crippen molar-refractivity contribution in [3.63, 3.8) is 0 Å². The Morgan fingerprint density at radius 2 is 2.24 bits per heavy atom. The summed E-state index contributed by atoms with van der Waals surface area (Å²) < 4.78 is 0. The molecule has 17 heavy (non-hydrogen) atoms. The summed E-state index contributed by atoms with van der Waals surface area (Å²) in [7, 11) is 0. The molecule has 0 radical (unpaired) electrons. The van der Waals surface area contributed by atoms with E-state index in [4.69, 9.17) is 5.11 Å². The Hall–Kier alpha value is -0.940. The highest BCUT2D eigenvalue weighted by Gasteiger charge is 2.37. The van der Waals surface area contributed by atoms with Crippen LogP contribution in [0.1, 0.15) is 41.4 Å². The lowest BCUT2D eigenvalue weighted by Crippen LogP contribution is -2.48. The summed E-state index contributed by atoms with van der Waals surface area (Å²) >= 11 is 1.69. The minimum absolute atomic E-state index is 0.115. The molecule has 3 atom stereocenters. The fourth-order valence-electron chi connectivity index (χ4n) is 2.34. The van der Waals surface area contributed by atoms with Crippen LogP contribution in [0.25, 0.3) is 0 Å². The second-order valence-corrected chi connectivity index (χ2v) is 5.93. The van der Waals surface area contributed by atoms with Crippen molar-refractivity contribution in [2.24, 2.45) is 5.92 Å². The van der Waals surface area contributed by atoms with Gasteiger partial charge in [0.1, 0.15) is 0 Å². The molecule has 0 amide bonds. The van der Waals surface area contributed by atoms with Gasteiger partial charge in [0.05, 0.1) is 16.6 Å². The Bertz CT molecular complexity index is 430. The third kappa shape index (κ3) is 2.50. The molecule has 0 aliphatic heterocycles. The van der Waals surface area contributed by atoms with Gasteiger partial charge in [0, 0.05) is 17.0 Å². The highest BCUT2D eigenvalue weighted by atomic mass is 32.1. The van der Waals surface area contributed by atoms with Gasteiger partial charge in [0.2, 0.25) is 0 Å². The predicted octanol–water partition coefficient (Wildman–Crippen LogP) is 2.27. The molecule has 1 aliphatic carbocycles. The van der Waals surface area contributed by atoms with Gasteiger partial charge in [-0.2, -0.15) is 0 Å². The van der Waals surface area contributed by atoms with E-state index in [1.807, 2.05) is 13.8 Å². The molecule has 1 fully saturated rings. The highest BCUT2D eigenvalue weighted by molar-refractivity contribution is 7.11. The normalized spacial score (nSPS) is 25.4. The number of aromatic nitrogens is 1. The minimum Gasteiger partial charge on any atom is -0.481 e. The maximum absolute atomic E-state index is 10.9. The fraction of sp³-hybridized carbons (Fsp3) is 0.667. The number of carboxylic acid groups (broad SMARTS) is 1. The Labute approximate surface area is 105 Å². The molecule has 1 aromatic rings. The molecule has 2 N–H and O–H groups in total. The molecule has 5 heteroatoms. The van der Waals surface area contributed by atoms with Gasteiger partial charge in [-0.3, -0.25) is 4.79 Å². The molecule has 0 bridgehead atoms. The molecule has 2 rings (SSSR count). The lowest BCUT2D eigenvalue weighted by molar-refractivity contribution is -0.146. The van der Waals surface area contributed by atoms with Crippen LogP contribution in [-0.4, -0.2) is 22.1 Å². The second kappa shape index (κ2) is 4.74. The quantitative estimate of drug-likeness (QED) is 0.865. The molecule has 1 saturated carbocycles. The Kier molecular flexibility index (Phi) is 3.49. The van der Waals surface area contributed by atoms with Crippen molar-refractivity contribution in [2.75, 3.05) is 0 Å². The number of nitrogens with zero attached hydrogens (tertiary/aromatic N) is 1. The largest absolute Gasteiger partial charge is 0.481 e. The van der Waals surface area contributed by atoms with Crippen molar-refractivity contribution < 1.29 is 9.90 Å². The van der Waals surface area contributed by atoms with E-state index < -0.39 is 5.97 Å². The van der Waals surface area contributed by atoms with Crippen LogP contribution >= 0.6 is 11.3 Å². The summed E-state index contributed by atoms with van der Waals surface area (Å²) in [5.41, 5.74) is 1.05. The zero-order chi connectivity index (χ0) is 12.6. The van der Waals surface area contributed by atoms with Gasteiger partial charge in [-0.1, -0.05) is 0 Å². The lowest BCUT2D eigenvalue weighted by Gasteiger charge is -2.36. The number of hydrogen-bond acceptors (Lipinski definition) is 4. The van der Waals surface area contributed by atoms with E-state index in [1.165, 1.54) is 4.88 Å². The fourth-order valence-corrected chi connectivity index (χ4v) is 3.28. The molecular formula is C12H18N2O2S. The first kappa shape index (κ1) is 12.5. The van der Waals surface area contributed by atoms with E-state index in [0.29, 0.717) is 0 Å². The van der Waals surface area contributed by atoms with Crippen molar-refractivity contribution >= 4 is 17.3 Å². The van der Waals surface area contributed by atoms with Crippen molar-refractivity contribution in [1.82, 2.24) is 10.3 Å². The minimum atomic E-state index is -0.682. The summed E-state index contributed by atoms with van der Waals surface area (Å²) in [6.07, 6.45) is 1.75. The van der Waals surface area contributed by atoms with E-state index in [1.54, 1.807) is 11.3 Å². The zero-order valence-electron chi connectivity index (χ0n) is 10.4. The zero-order valence-corrected chi connectivity index (χ0v) is 11.2. The Morgan fingerprint density at radius 1 is 1.53 bits per heavy atom. The smallest absolute Gasteiger partial charge is 0.308 e. The van der Waals surface area contributed by atoms with Crippen molar-refractivity contribution in [3.8, 4) is 0 Å². The van der Waals surface area contributed by atoms with Crippen LogP contribution in [0.15, 0.2) is 0 Å². The maximum atomic E-state index is 10.9. The van der Waals surface area contributed by atoms with Gasteiger partial charge in [0.15, 0.2) is 0 Å². The number of hydrogen-bond donors (Lipinski definition) is 2. The van der Waals surface area contributed by atoms with E-state index in [-0.39, 0.29) is 18.0 Å². The first-order valence-electron chi connectivity index (χ1n) is 5.92. The van der Waals surface area contributed by atoms with E-state index in [0.717, 1.165) is 23.5 Å². The summed E-state index contributed by atoms with van der Waals surface area (Å²) in [5.74, 6) is -0.898. The van der Waals surface area contributed by atoms with Gasteiger partial charge in [-0.05, 0) is 33.6 Å². The number of rotatable bonds is 4. The summed E-state index contributed by atoms with van der Waals surface area (Å²) in [4.78, 5) is 16.6. The molecule has 0 spiro atoms. The number of thiazole rings is 1. The van der Waals surface area contributed by atoms with Gasteiger partial charge in [-0.15, -0.1) is 11.3 Å². The number of carbonyl (C=O) groups is 1. The summed E-state index contributed by atoms with van der Waals surface area (Å²) in [6.45, 7) is 6.08. The Morgan fingerprint density at radius 3 is 2.65 bits per heavy atom. The maximum Gasteiger partial charge on any atom is 0.308 e. The van der Waals surface area contributed by atoms with Gasteiger partial charge >= 0.3 is 5.97 Å². The van der Waals surface area contributed by atoms with Crippen LogP contribution in [0.4, 0.5) is 0 Å². The monoisotopic (exact) mass is 254 g/mol. The van der Waals surface area contributed by atoms with Crippen LogP contribution in [-0.2, 0) is 4.79 Å². The van der Waals surface area contributed by atoms with Crippen molar-refractivity contribution in [2.45, 2.75) is 45.7 Å². The molecule has 1 aromatic heterocycles. The number of carboxylic acids is 1. The molecule has 0 saturated heterocycles. The first-order valence-corrected chi connectivity index (χ1v) is 6.73. The summed E-state index contributed by atoms with van der Waals surface area (Å²) in [6, 6.07) is 0.303. The second-order valence-electron chi connectivity index (χ2n) is 4.70. The van der Waals surface area contributed by atoms with Crippen molar-refractivity contribution in [3.05, 3.63) is 15.6 Å². The third-order valence-corrected chi connectivity index (χ3v) is 4.64. The first-order chi connectivity index (χ1) is 7.99. The van der Waals surface area contributed by atoms with Crippen LogP contribution in [0.5, 0.6) is 0 Å². The van der Waals surface area contributed by atoms with Crippen LogP contribution in [0, 0.1) is 19.8 Å². The molecule has 94 valence electrons. The molecule has 3 unspecified atom stereocenters. The molecule has 1 heterocycles. The van der Waals surface area contributed by atoms with E-state index >= 15 is 0 Å². The SMILES string of the molecule is Cc1nc(C)c(C(C)NC2CCC2C(=O)O)s1. The van der Waals surface area contributed by atoms with Gasteiger partial charge in [0.25, 0.3) is 0 Å². The molecular weight excluding hydrogens is 236 g/mol. The molecule has 1 aliphatic rings. The summed E-state index contributed by atoms with van der Waals surface area (Å²) in [5, 5.41) is 13.5. The topological polar surface area (TPSA) is 62.2 Å². The average molecular weight is 254 g/mol. The van der Waals surface area contributed by atoms with Crippen molar-refractivity contribution in [1.29, 1.82) is 0 Å². The average Bonchev–Trinajstić information content (AvgIpc) is 2.51. The number of aliphatic carboxylic acids is 1. The number of nitrogens with one attached hydrogen (secondary N) is 1. The standard InChI is InChI=1S/C12H18N2O2S/c1-6-11(17-8(3)13-6)7(2)14-10-5-4-9(10)12(15)16/h7,9-10,14H,4-5H2,1-3H3,(H,15,16). The third-order valence-electron chi connectivity index (χ3n) is 3.39. The van der Waals surface area contributed by atoms with E-state index in [9.17, 15) is 4.79 Å². The lowest BCUT2D eigenvalue weighted by atomic mass is 9.79. The molecule has 0 aromatic carbocycles. The van der Waals surface area contributed by atoms with Crippen LogP contribution in [0.2, 0.25) is 0 Å². The molecule has 4 nitrogen and oxygen atoms in total. The Balaban J connectivity index is 2.00. The van der Waals surface area contributed by atoms with E-state index in [2.05, 4.69) is 17.2 Å². The predicted molar refractivity (Wildman–Crippen MR) is 67.3 cm³/mol. The van der Waals surface area contributed by atoms with Crippen LogP contribution < -0.4 is 5.32 Å². The number of aryl methyl sites for hydroxylation is 2.